The van der Waals surface area contributed by atoms with Gasteiger partial charge in [0, 0.05) is 17.9 Å². The molecule has 7 heteroatoms. The lowest BCUT2D eigenvalue weighted by molar-refractivity contribution is 0.119. The monoisotopic (exact) mass is 299 g/mol. The van der Waals surface area contributed by atoms with E-state index in [9.17, 15) is 8.42 Å². The molecule has 6 nitrogen and oxygen atoms in total. The highest BCUT2D eigenvalue weighted by atomic mass is 32.2. The van der Waals surface area contributed by atoms with E-state index in [-0.39, 0.29) is 11.9 Å². The second kappa shape index (κ2) is 6.05. The SMILES string of the molecule is CCS(=O)(=O)N1CCC[C@H](Oc2nc(C)cc(C)n2)C1. The van der Waals surface area contributed by atoms with E-state index in [0.717, 1.165) is 24.2 Å². The zero-order chi connectivity index (χ0) is 14.8. The van der Waals surface area contributed by atoms with Crippen molar-refractivity contribution in [3.05, 3.63) is 17.5 Å². The molecular formula is C13H21N3O3S. The van der Waals surface area contributed by atoms with Gasteiger partial charge in [-0.1, -0.05) is 0 Å². The average molecular weight is 299 g/mol. The van der Waals surface area contributed by atoms with Gasteiger partial charge in [0.15, 0.2) is 0 Å². The van der Waals surface area contributed by atoms with Crippen molar-refractivity contribution in [2.75, 3.05) is 18.8 Å². The van der Waals surface area contributed by atoms with Crippen molar-refractivity contribution in [2.45, 2.75) is 39.7 Å². The Balaban J connectivity index is 2.06. The van der Waals surface area contributed by atoms with Crippen LogP contribution in [0, 0.1) is 13.8 Å². The van der Waals surface area contributed by atoms with Crippen molar-refractivity contribution in [1.82, 2.24) is 14.3 Å². The molecule has 0 unspecified atom stereocenters. The van der Waals surface area contributed by atoms with Crippen LogP contribution in [0.1, 0.15) is 31.2 Å². The summed E-state index contributed by atoms with van der Waals surface area (Å²) < 4.78 is 31.1. The Morgan fingerprint density at radius 2 is 2.00 bits per heavy atom. The molecule has 0 N–H and O–H groups in total. The highest BCUT2D eigenvalue weighted by molar-refractivity contribution is 7.89. The van der Waals surface area contributed by atoms with Crippen LogP contribution in [0.2, 0.25) is 0 Å². The minimum Gasteiger partial charge on any atom is -0.459 e. The molecule has 0 amide bonds. The van der Waals surface area contributed by atoms with Crippen molar-refractivity contribution in [1.29, 1.82) is 0 Å². The van der Waals surface area contributed by atoms with Crippen LogP contribution >= 0.6 is 0 Å². The van der Waals surface area contributed by atoms with Gasteiger partial charge in [-0.2, -0.15) is 4.31 Å². The van der Waals surface area contributed by atoms with E-state index in [1.165, 1.54) is 4.31 Å². The van der Waals surface area contributed by atoms with Crippen LogP contribution in [0.5, 0.6) is 6.01 Å². The molecule has 0 spiro atoms. The Morgan fingerprint density at radius 3 is 2.60 bits per heavy atom. The maximum absolute atomic E-state index is 11.9. The third-order valence-electron chi connectivity index (χ3n) is 3.33. The molecule has 0 radical (unpaired) electrons. The lowest BCUT2D eigenvalue weighted by Crippen LogP contribution is -2.45. The first-order valence-electron chi connectivity index (χ1n) is 6.87. The Kier molecular flexibility index (Phi) is 4.59. The summed E-state index contributed by atoms with van der Waals surface area (Å²) in [5, 5.41) is 0. The molecule has 1 aliphatic rings. The van der Waals surface area contributed by atoms with Crippen LogP contribution in [0.15, 0.2) is 6.07 Å². The largest absolute Gasteiger partial charge is 0.459 e. The third kappa shape index (κ3) is 3.67. The van der Waals surface area contributed by atoms with Gasteiger partial charge in [-0.25, -0.2) is 18.4 Å². The van der Waals surface area contributed by atoms with E-state index in [0.29, 0.717) is 19.1 Å². The first kappa shape index (κ1) is 15.2. The summed E-state index contributed by atoms with van der Waals surface area (Å²) in [5.41, 5.74) is 1.70. The van der Waals surface area contributed by atoms with Crippen molar-refractivity contribution >= 4 is 10.0 Å². The summed E-state index contributed by atoms with van der Waals surface area (Å²) in [5.74, 6) is 0.125. The number of ether oxygens (including phenoxy) is 1. The number of aryl methyl sites for hydroxylation is 2. The molecule has 1 aromatic heterocycles. The van der Waals surface area contributed by atoms with Gasteiger partial charge in [0.25, 0.3) is 0 Å². The summed E-state index contributed by atoms with van der Waals surface area (Å²) in [4.78, 5) is 8.47. The van der Waals surface area contributed by atoms with E-state index in [2.05, 4.69) is 9.97 Å². The normalized spacial score (nSPS) is 20.9. The Bertz CT molecular complexity index is 554. The summed E-state index contributed by atoms with van der Waals surface area (Å²) in [7, 11) is -3.15. The zero-order valence-corrected chi connectivity index (χ0v) is 13.0. The van der Waals surface area contributed by atoms with Gasteiger partial charge in [0.1, 0.15) is 6.10 Å². The maximum atomic E-state index is 11.9. The molecule has 1 aromatic rings. The minimum absolute atomic E-state index is 0.125. The van der Waals surface area contributed by atoms with Crippen molar-refractivity contribution in [3.8, 4) is 6.01 Å². The van der Waals surface area contributed by atoms with Gasteiger partial charge in [0.05, 0.1) is 12.3 Å². The van der Waals surface area contributed by atoms with Gasteiger partial charge < -0.3 is 4.74 Å². The lowest BCUT2D eigenvalue weighted by atomic mass is 10.1. The second-order valence-corrected chi connectivity index (χ2v) is 7.33. The summed E-state index contributed by atoms with van der Waals surface area (Å²) >= 11 is 0. The van der Waals surface area contributed by atoms with Crippen LogP contribution < -0.4 is 4.74 Å². The maximum Gasteiger partial charge on any atom is 0.317 e. The number of hydrogen-bond acceptors (Lipinski definition) is 5. The second-order valence-electron chi connectivity index (χ2n) is 5.07. The number of sulfonamides is 1. The number of piperidine rings is 1. The fraction of sp³-hybridized carbons (Fsp3) is 0.692. The predicted molar refractivity (Wildman–Crippen MR) is 76.2 cm³/mol. The van der Waals surface area contributed by atoms with Crippen LogP contribution in [0.25, 0.3) is 0 Å². The lowest BCUT2D eigenvalue weighted by Gasteiger charge is -2.31. The Labute approximate surface area is 120 Å². The van der Waals surface area contributed by atoms with Crippen LogP contribution in [0.3, 0.4) is 0 Å². The van der Waals surface area contributed by atoms with E-state index >= 15 is 0 Å². The summed E-state index contributed by atoms with van der Waals surface area (Å²) in [6.07, 6.45) is 1.45. The van der Waals surface area contributed by atoms with Crippen molar-refractivity contribution in [3.63, 3.8) is 0 Å². The van der Waals surface area contributed by atoms with E-state index in [1.807, 2.05) is 19.9 Å². The molecular weight excluding hydrogens is 278 g/mol. The average Bonchev–Trinajstić information content (AvgIpc) is 2.38. The molecule has 1 saturated heterocycles. The van der Waals surface area contributed by atoms with Gasteiger partial charge >= 0.3 is 6.01 Å². The van der Waals surface area contributed by atoms with E-state index in [1.54, 1.807) is 6.92 Å². The highest BCUT2D eigenvalue weighted by Gasteiger charge is 2.29. The minimum atomic E-state index is -3.15. The van der Waals surface area contributed by atoms with Crippen molar-refractivity contribution in [2.24, 2.45) is 0 Å². The van der Waals surface area contributed by atoms with Gasteiger partial charge in [-0.15, -0.1) is 0 Å². The smallest absolute Gasteiger partial charge is 0.317 e. The third-order valence-corrected chi connectivity index (χ3v) is 5.18. The van der Waals surface area contributed by atoms with Gasteiger partial charge in [-0.05, 0) is 39.7 Å². The molecule has 20 heavy (non-hydrogen) atoms. The van der Waals surface area contributed by atoms with Gasteiger partial charge in [0.2, 0.25) is 10.0 Å². The quantitative estimate of drug-likeness (QED) is 0.837. The topological polar surface area (TPSA) is 72.4 Å². The van der Waals surface area contributed by atoms with Crippen molar-refractivity contribution < 1.29 is 13.2 Å². The first-order valence-corrected chi connectivity index (χ1v) is 8.48. The highest BCUT2D eigenvalue weighted by Crippen LogP contribution is 2.18. The number of hydrogen-bond donors (Lipinski definition) is 0. The molecule has 0 aliphatic carbocycles. The molecule has 2 heterocycles. The summed E-state index contributed by atoms with van der Waals surface area (Å²) in [6, 6.07) is 2.21. The molecule has 1 fully saturated rings. The predicted octanol–water partition coefficient (Wildman–Crippen LogP) is 1.29. The molecule has 1 atom stereocenters. The van der Waals surface area contributed by atoms with Crippen LogP contribution in [0.4, 0.5) is 0 Å². The molecule has 112 valence electrons. The van der Waals surface area contributed by atoms with Gasteiger partial charge in [-0.3, -0.25) is 0 Å². The van der Waals surface area contributed by atoms with E-state index < -0.39 is 10.0 Å². The summed E-state index contributed by atoms with van der Waals surface area (Å²) in [6.45, 7) is 6.38. The molecule has 0 saturated carbocycles. The molecule has 0 aromatic carbocycles. The van der Waals surface area contributed by atoms with E-state index in [4.69, 9.17) is 4.74 Å². The number of rotatable bonds is 4. The standard InChI is InChI=1S/C13H21N3O3S/c1-4-20(17,18)16-7-5-6-12(9-16)19-13-14-10(2)8-11(3)15-13/h8,12H,4-7,9H2,1-3H3/t12-/m0/s1. The number of aromatic nitrogens is 2. The fourth-order valence-corrected chi connectivity index (χ4v) is 3.50. The Hall–Kier alpha value is -1.21. The molecule has 2 rings (SSSR count). The van der Waals surface area contributed by atoms with Crippen LogP contribution in [-0.2, 0) is 10.0 Å². The fourth-order valence-electron chi connectivity index (χ4n) is 2.33. The zero-order valence-electron chi connectivity index (χ0n) is 12.2. The Morgan fingerprint density at radius 1 is 1.35 bits per heavy atom. The first-order chi connectivity index (χ1) is 9.40. The molecule has 1 aliphatic heterocycles. The van der Waals surface area contributed by atoms with Crippen LogP contribution in [-0.4, -0.2) is 47.6 Å². The number of nitrogens with zero attached hydrogens (tertiary/aromatic N) is 3. The molecule has 0 bridgehead atoms.